The van der Waals surface area contributed by atoms with Crippen molar-refractivity contribution in [3.8, 4) is 6.07 Å². The fourth-order valence-corrected chi connectivity index (χ4v) is 1.55. The maximum absolute atomic E-state index is 8.93. The van der Waals surface area contributed by atoms with Gasteiger partial charge >= 0.3 is 0 Å². The quantitative estimate of drug-likeness (QED) is 0.722. The Balaban J connectivity index is 3.04. The topological polar surface area (TPSA) is 23.8 Å². The lowest BCUT2D eigenvalue weighted by Gasteiger charge is -2.04. The summed E-state index contributed by atoms with van der Waals surface area (Å²) in [5.74, 6) is 0. The van der Waals surface area contributed by atoms with Gasteiger partial charge in [0.1, 0.15) is 0 Å². The first-order valence-corrected chi connectivity index (χ1v) is 5.37. The van der Waals surface area contributed by atoms with Gasteiger partial charge in [-0.3, -0.25) is 0 Å². The maximum Gasteiger partial charge on any atom is 0.0994 e. The zero-order valence-electron chi connectivity index (χ0n) is 9.67. The number of aryl methyl sites for hydroxylation is 2. The third-order valence-corrected chi connectivity index (χ3v) is 2.49. The summed E-state index contributed by atoms with van der Waals surface area (Å²) in [4.78, 5) is 0. The fourth-order valence-electron chi connectivity index (χ4n) is 1.55. The van der Waals surface area contributed by atoms with Crippen molar-refractivity contribution in [2.24, 2.45) is 0 Å². The molecule has 0 radical (unpaired) electrons. The largest absolute Gasteiger partial charge is 0.192 e. The highest BCUT2D eigenvalue weighted by Crippen LogP contribution is 2.17. The van der Waals surface area contributed by atoms with Gasteiger partial charge < -0.3 is 0 Å². The van der Waals surface area contributed by atoms with Gasteiger partial charge in [-0.05, 0) is 43.0 Å². The van der Waals surface area contributed by atoms with Crippen LogP contribution in [0.4, 0.5) is 0 Å². The molecule has 0 heterocycles. The van der Waals surface area contributed by atoms with Crippen LogP contribution in [0.5, 0.6) is 0 Å². The summed E-state index contributed by atoms with van der Waals surface area (Å²) in [6.07, 6.45) is 6.53. The van der Waals surface area contributed by atoms with Crippen LogP contribution in [-0.2, 0) is 0 Å². The normalized spacial score (nSPS) is 10.5. The molecule has 0 spiro atoms. The van der Waals surface area contributed by atoms with Gasteiger partial charge in [0.05, 0.1) is 11.6 Å². The van der Waals surface area contributed by atoms with Crippen molar-refractivity contribution in [1.82, 2.24) is 0 Å². The molecule has 0 unspecified atom stereocenters. The highest BCUT2D eigenvalue weighted by atomic mass is 14.2. The standard InChI is InChI=1S/C14H17N/c1-4-5-6-7-13-9-14(10-15)12(3)8-11(13)2/h6-9H,4-5H2,1-3H3/b7-6-. The highest BCUT2D eigenvalue weighted by molar-refractivity contribution is 5.58. The summed E-state index contributed by atoms with van der Waals surface area (Å²) in [6, 6.07) is 6.26. The van der Waals surface area contributed by atoms with Gasteiger partial charge in [0.15, 0.2) is 0 Å². The number of hydrogen-bond donors (Lipinski definition) is 0. The molecule has 78 valence electrons. The van der Waals surface area contributed by atoms with Crippen molar-refractivity contribution >= 4 is 6.08 Å². The van der Waals surface area contributed by atoms with Gasteiger partial charge in [-0.25, -0.2) is 0 Å². The Bertz CT molecular complexity index is 408. The molecule has 0 amide bonds. The molecule has 0 saturated carbocycles. The van der Waals surface area contributed by atoms with Crippen molar-refractivity contribution in [3.05, 3.63) is 40.5 Å². The molecule has 15 heavy (non-hydrogen) atoms. The van der Waals surface area contributed by atoms with Gasteiger partial charge in [0.2, 0.25) is 0 Å². The van der Waals surface area contributed by atoms with Crippen LogP contribution >= 0.6 is 0 Å². The summed E-state index contributed by atoms with van der Waals surface area (Å²) in [5, 5.41) is 8.93. The van der Waals surface area contributed by atoms with Crippen LogP contribution in [0.1, 0.15) is 42.0 Å². The fraction of sp³-hybridized carbons (Fsp3) is 0.357. The second-order valence-corrected chi connectivity index (χ2v) is 3.83. The molecule has 0 aliphatic rings. The lowest BCUT2D eigenvalue weighted by Crippen LogP contribution is -1.88. The summed E-state index contributed by atoms with van der Waals surface area (Å²) in [7, 11) is 0. The van der Waals surface area contributed by atoms with Gasteiger partial charge in [-0.1, -0.05) is 31.6 Å². The Morgan fingerprint density at radius 1 is 1.27 bits per heavy atom. The smallest absolute Gasteiger partial charge is 0.0994 e. The molecule has 1 aromatic carbocycles. The number of unbranched alkanes of at least 4 members (excludes halogenated alkanes) is 1. The van der Waals surface area contributed by atoms with E-state index in [9.17, 15) is 0 Å². The van der Waals surface area contributed by atoms with Gasteiger partial charge in [0.25, 0.3) is 0 Å². The molecule has 0 bridgehead atoms. The van der Waals surface area contributed by atoms with Gasteiger partial charge in [-0.2, -0.15) is 5.26 Å². The second kappa shape index (κ2) is 5.36. The molecular weight excluding hydrogens is 182 g/mol. The molecule has 1 aromatic rings. The lowest BCUT2D eigenvalue weighted by molar-refractivity contribution is 0.962. The molecule has 0 aliphatic carbocycles. The van der Waals surface area contributed by atoms with Crippen molar-refractivity contribution < 1.29 is 0 Å². The number of nitriles is 1. The Hall–Kier alpha value is -1.55. The molecule has 0 saturated heterocycles. The average Bonchev–Trinajstić information content (AvgIpc) is 2.21. The average molecular weight is 199 g/mol. The highest BCUT2D eigenvalue weighted by Gasteiger charge is 2.01. The molecule has 0 atom stereocenters. The third kappa shape index (κ3) is 2.95. The van der Waals surface area contributed by atoms with Crippen molar-refractivity contribution in [3.63, 3.8) is 0 Å². The summed E-state index contributed by atoms with van der Waals surface area (Å²) in [6.45, 7) is 6.22. The van der Waals surface area contributed by atoms with Crippen LogP contribution in [0.3, 0.4) is 0 Å². The first-order chi connectivity index (χ1) is 7.19. The predicted molar refractivity (Wildman–Crippen MR) is 64.6 cm³/mol. The van der Waals surface area contributed by atoms with Crippen LogP contribution in [0.25, 0.3) is 6.08 Å². The van der Waals surface area contributed by atoms with E-state index in [1.54, 1.807) is 0 Å². The summed E-state index contributed by atoms with van der Waals surface area (Å²) in [5.41, 5.74) is 4.23. The molecule has 1 nitrogen and oxygen atoms in total. The number of allylic oxidation sites excluding steroid dienone is 1. The number of nitrogens with zero attached hydrogens (tertiary/aromatic N) is 1. The van der Waals surface area contributed by atoms with Crippen LogP contribution < -0.4 is 0 Å². The van der Waals surface area contributed by atoms with E-state index in [1.165, 1.54) is 5.56 Å². The van der Waals surface area contributed by atoms with E-state index in [0.717, 1.165) is 29.5 Å². The monoisotopic (exact) mass is 199 g/mol. The first kappa shape index (κ1) is 11.5. The van der Waals surface area contributed by atoms with E-state index in [0.29, 0.717) is 0 Å². The van der Waals surface area contributed by atoms with Gasteiger partial charge in [0, 0.05) is 0 Å². The lowest BCUT2D eigenvalue weighted by atomic mass is 10.00. The summed E-state index contributed by atoms with van der Waals surface area (Å²) < 4.78 is 0. The zero-order chi connectivity index (χ0) is 11.3. The first-order valence-electron chi connectivity index (χ1n) is 5.37. The Labute approximate surface area is 92.1 Å². The van der Waals surface area contributed by atoms with Crippen LogP contribution in [0, 0.1) is 25.2 Å². The van der Waals surface area contributed by atoms with Crippen molar-refractivity contribution in [2.75, 3.05) is 0 Å². The van der Waals surface area contributed by atoms with Gasteiger partial charge in [-0.15, -0.1) is 0 Å². The number of hydrogen-bond acceptors (Lipinski definition) is 1. The van der Waals surface area contributed by atoms with E-state index < -0.39 is 0 Å². The minimum Gasteiger partial charge on any atom is -0.192 e. The molecule has 0 N–H and O–H groups in total. The number of benzene rings is 1. The Morgan fingerprint density at radius 3 is 2.60 bits per heavy atom. The minimum atomic E-state index is 0.775. The van der Waals surface area contributed by atoms with Crippen molar-refractivity contribution in [1.29, 1.82) is 5.26 Å². The van der Waals surface area contributed by atoms with Crippen LogP contribution in [0.15, 0.2) is 18.2 Å². The van der Waals surface area contributed by atoms with E-state index in [-0.39, 0.29) is 0 Å². The summed E-state index contributed by atoms with van der Waals surface area (Å²) >= 11 is 0. The SMILES string of the molecule is CCC/C=C\c1cc(C#N)c(C)cc1C. The van der Waals surface area contributed by atoms with E-state index in [2.05, 4.69) is 38.1 Å². The van der Waals surface area contributed by atoms with Crippen LogP contribution in [-0.4, -0.2) is 0 Å². The van der Waals surface area contributed by atoms with E-state index in [1.807, 2.05) is 13.0 Å². The minimum absolute atomic E-state index is 0.775. The Kier molecular flexibility index (Phi) is 4.12. The molecule has 1 heteroatoms. The van der Waals surface area contributed by atoms with Crippen molar-refractivity contribution in [2.45, 2.75) is 33.6 Å². The zero-order valence-corrected chi connectivity index (χ0v) is 9.67. The second-order valence-electron chi connectivity index (χ2n) is 3.83. The molecule has 0 aliphatic heterocycles. The van der Waals surface area contributed by atoms with E-state index >= 15 is 0 Å². The van der Waals surface area contributed by atoms with E-state index in [4.69, 9.17) is 5.26 Å². The Morgan fingerprint density at radius 2 is 2.00 bits per heavy atom. The van der Waals surface area contributed by atoms with Crippen LogP contribution in [0.2, 0.25) is 0 Å². The number of rotatable bonds is 3. The predicted octanol–water partition coefficient (Wildman–Crippen LogP) is 3.99. The third-order valence-electron chi connectivity index (χ3n) is 2.49. The molecule has 0 fully saturated rings. The molecule has 1 rings (SSSR count). The molecule has 0 aromatic heterocycles. The maximum atomic E-state index is 8.93. The molecular formula is C14H17N.